The molecular weight excluding hydrogens is 589 g/mol. The van der Waals surface area contributed by atoms with Gasteiger partial charge in [0, 0.05) is 30.1 Å². The molecule has 1 unspecified atom stereocenters. The minimum Gasteiger partial charge on any atom is -0.493 e. The smallest absolute Gasteiger partial charge is 0.331 e. The standard InChI is InChI=1S/C32H45N5O4.2ClH/c1-21-24(12-14-29(33)36-21)20-37(15-7-10-25-18-32(25,37)31(34)39)30(38)26(16-22-8-5-4-6-9-22)35-19-23-11-13-27(40-2)28(17-23)41-3;;/h11-14,17,22,25-26,35H,4-10,15-16,18-20H2,1-3H3,(H3-,33,34,36,39);2*1H/p+1/t25-,26-,32+,37?;;/m1../s1. The van der Waals surface area contributed by atoms with E-state index in [0.717, 1.165) is 48.9 Å². The summed E-state index contributed by atoms with van der Waals surface area (Å²) in [7, 11) is 3.24. The van der Waals surface area contributed by atoms with Crippen LogP contribution in [0.4, 0.5) is 5.82 Å². The first-order chi connectivity index (χ1) is 19.7. The number of aryl methyl sites for hydroxylation is 1. The van der Waals surface area contributed by atoms with Crippen LogP contribution in [0.3, 0.4) is 0 Å². The number of methoxy groups -OCH3 is 2. The summed E-state index contributed by atoms with van der Waals surface area (Å²) < 4.78 is 11.0. The first-order valence-electron chi connectivity index (χ1n) is 15.1. The highest BCUT2D eigenvalue weighted by Gasteiger charge is 2.76. The van der Waals surface area contributed by atoms with Crippen LogP contribution in [0.2, 0.25) is 0 Å². The molecule has 5 rings (SSSR count). The van der Waals surface area contributed by atoms with E-state index in [9.17, 15) is 4.79 Å². The van der Waals surface area contributed by atoms with E-state index in [1.54, 1.807) is 20.3 Å². The van der Waals surface area contributed by atoms with Gasteiger partial charge in [0.15, 0.2) is 17.0 Å². The summed E-state index contributed by atoms with van der Waals surface area (Å²) in [4.78, 5) is 32.8. The van der Waals surface area contributed by atoms with Gasteiger partial charge < -0.3 is 20.9 Å². The van der Waals surface area contributed by atoms with Gasteiger partial charge in [0.1, 0.15) is 18.4 Å². The number of aromatic nitrogens is 1. The molecule has 0 bridgehead atoms. The minimum absolute atomic E-state index is 0. The fraction of sp³-hybridized carbons (Fsp3) is 0.594. The topological polar surface area (TPSA) is 130 Å². The number of likely N-dealkylation sites (tertiary alicyclic amines) is 1. The highest BCUT2D eigenvalue weighted by atomic mass is 35.5. The summed E-state index contributed by atoms with van der Waals surface area (Å²) in [6.45, 7) is 3.42. The van der Waals surface area contributed by atoms with Gasteiger partial charge in [-0.05, 0) is 61.9 Å². The zero-order chi connectivity index (χ0) is 29.2. The fourth-order valence-corrected chi connectivity index (χ4v) is 7.73. The van der Waals surface area contributed by atoms with Gasteiger partial charge in [0.2, 0.25) is 0 Å². The number of piperidine rings is 1. The summed E-state index contributed by atoms with van der Waals surface area (Å²) >= 11 is 0. The van der Waals surface area contributed by atoms with Crippen molar-refractivity contribution in [1.82, 2.24) is 10.3 Å². The van der Waals surface area contributed by atoms with E-state index in [1.165, 1.54) is 19.3 Å². The number of rotatable bonds is 11. The summed E-state index contributed by atoms with van der Waals surface area (Å²) in [5, 5.41) is 3.65. The van der Waals surface area contributed by atoms with Crippen molar-refractivity contribution >= 4 is 42.4 Å². The predicted octanol–water partition coefficient (Wildman–Crippen LogP) is 4.84. The van der Waals surface area contributed by atoms with Crippen LogP contribution >= 0.6 is 24.8 Å². The number of nitrogens with two attached hydrogens (primary N) is 2. The van der Waals surface area contributed by atoms with Gasteiger partial charge in [-0.2, -0.15) is 0 Å². The average molecular weight is 638 g/mol. The number of primary amides is 1. The quantitative estimate of drug-likeness (QED) is 0.301. The molecule has 2 saturated carbocycles. The highest BCUT2D eigenvalue weighted by molar-refractivity contribution is 5.91. The second kappa shape index (κ2) is 14.5. The lowest BCUT2D eigenvalue weighted by molar-refractivity contribution is -0.900. The first-order valence-corrected chi connectivity index (χ1v) is 15.1. The number of hydrogen-bond donors (Lipinski definition) is 3. The third kappa shape index (κ3) is 6.75. The maximum absolute atomic E-state index is 15.1. The van der Waals surface area contributed by atoms with Crippen LogP contribution in [-0.2, 0) is 22.7 Å². The Balaban J connectivity index is 0.00000253. The van der Waals surface area contributed by atoms with Crippen molar-refractivity contribution in [2.24, 2.45) is 17.6 Å². The molecule has 1 saturated heterocycles. The normalized spacial score (nSPS) is 25.3. The molecule has 2 aliphatic carbocycles. The third-order valence-electron chi connectivity index (χ3n) is 10.0. The Morgan fingerprint density at radius 3 is 2.42 bits per heavy atom. The zero-order valence-electron chi connectivity index (χ0n) is 25.6. The average Bonchev–Trinajstić information content (AvgIpc) is 3.74. The van der Waals surface area contributed by atoms with E-state index in [0.29, 0.717) is 49.3 Å². The van der Waals surface area contributed by atoms with Crippen LogP contribution in [0.1, 0.15) is 74.6 Å². The second-order valence-electron chi connectivity index (χ2n) is 12.4. The Bertz CT molecular complexity index is 1290. The number of pyridine rings is 1. The number of fused-ring (bicyclic) bond motifs is 1. The molecule has 238 valence electrons. The maximum atomic E-state index is 15.1. The monoisotopic (exact) mass is 636 g/mol. The largest absolute Gasteiger partial charge is 0.493 e. The lowest BCUT2D eigenvalue weighted by Crippen LogP contribution is -2.71. The number of amides is 2. The molecule has 2 heterocycles. The zero-order valence-corrected chi connectivity index (χ0v) is 27.2. The van der Waals surface area contributed by atoms with Gasteiger partial charge in [0.25, 0.3) is 5.91 Å². The first kappa shape index (κ1) is 34.9. The van der Waals surface area contributed by atoms with Crippen LogP contribution in [0, 0.1) is 18.8 Å². The van der Waals surface area contributed by atoms with E-state index in [2.05, 4.69) is 10.3 Å². The number of carbonyl (C=O) groups is 2. The number of benzene rings is 1. The van der Waals surface area contributed by atoms with E-state index in [4.69, 9.17) is 20.9 Å². The van der Waals surface area contributed by atoms with Crippen molar-refractivity contribution in [2.45, 2.75) is 89.4 Å². The lowest BCUT2D eigenvalue weighted by atomic mass is 9.83. The van der Waals surface area contributed by atoms with Crippen LogP contribution < -0.4 is 26.3 Å². The Morgan fingerprint density at radius 2 is 1.77 bits per heavy atom. The molecule has 0 spiro atoms. The van der Waals surface area contributed by atoms with Gasteiger partial charge in [-0.3, -0.25) is 10.1 Å². The highest BCUT2D eigenvalue weighted by Crippen LogP contribution is 2.59. The molecule has 2 amide bonds. The number of nitrogen functional groups attached to an aromatic ring is 1. The fourth-order valence-electron chi connectivity index (χ4n) is 7.73. The van der Waals surface area contributed by atoms with Gasteiger partial charge in [0.05, 0.1) is 20.8 Å². The molecule has 0 radical (unpaired) electrons. The number of hydrogen-bond acceptors (Lipinski definition) is 7. The predicted molar refractivity (Wildman–Crippen MR) is 172 cm³/mol. The Labute approximate surface area is 267 Å². The van der Waals surface area contributed by atoms with E-state index >= 15 is 4.79 Å². The van der Waals surface area contributed by atoms with Gasteiger partial charge in [-0.1, -0.05) is 38.2 Å². The molecular formula is C32H48Cl2N5O4+. The van der Waals surface area contributed by atoms with Crippen LogP contribution in [0.25, 0.3) is 0 Å². The van der Waals surface area contributed by atoms with Crippen molar-refractivity contribution < 1.29 is 23.5 Å². The number of anilines is 1. The molecule has 2 aromatic rings. The molecule has 11 heteroatoms. The number of nitrogens with one attached hydrogen (secondary N) is 1. The Morgan fingerprint density at radius 1 is 1.05 bits per heavy atom. The molecule has 5 N–H and O–H groups in total. The molecule has 4 atom stereocenters. The Kier molecular flexibility index (Phi) is 11.7. The van der Waals surface area contributed by atoms with E-state index in [-0.39, 0.29) is 47.0 Å². The summed E-state index contributed by atoms with van der Waals surface area (Å²) in [6, 6.07) is 9.16. The number of nitrogens with zero attached hydrogens (tertiary/aromatic N) is 2. The van der Waals surface area contributed by atoms with Crippen molar-refractivity contribution in [1.29, 1.82) is 0 Å². The second-order valence-corrected chi connectivity index (χ2v) is 12.4. The maximum Gasteiger partial charge on any atom is 0.331 e. The molecule has 1 aromatic carbocycles. The van der Waals surface area contributed by atoms with Crippen molar-refractivity contribution in [3.8, 4) is 11.5 Å². The molecule has 3 aliphatic rings. The van der Waals surface area contributed by atoms with Crippen molar-refractivity contribution in [3.63, 3.8) is 0 Å². The number of ether oxygens (including phenoxy) is 2. The molecule has 1 aromatic heterocycles. The van der Waals surface area contributed by atoms with E-state index in [1.807, 2.05) is 31.2 Å². The van der Waals surface area contributed by atoms with Gasteiger partial charge >= 0.3 is 5.91 Å². The summed E-state index contributed by atoms with van der Waals surface area (Å²) in [6.07, 6.45) is 9.16. The number of carbonyl (C=O) groups excluding carboxylic acids is 2. The van der Waals surface area contributed by atoms with Gasteiger partial charge in [-0.15, -0.1) is 24.8 Å². The van der Waals surface area contributed by atoms with Gasteiger partial charge in [-0.25, -0.2) is 14.3 Å². The SMILES string of the molecule is COc1ccc(CN[C@H](CC2CCCCC2)C(=O)[N+]2(Cc3ccc(N)nc3C)CCC[C@@H]3C[C@@]32C(N)=O)cc1OC.Cl.Cl. The Hall–Kier alpha value is -2.59. The van der Waals surface area contributed by atoms with Crippen LogP contribution in [0.15, 0.2) is 30.3 Å². The summed E-state index contributed by atoms with van der Waals surface area (Å²) in [5.41, 5.74) is 14.0. The summed E-state index contributed by atoms with van der Waals surface area (Å²) in [5.74, 6) is 2.10. The van der Waals surface area contributed by atoms with E-state index < -0.39 is 11.6 Å². The molecule has 9 nitrogen and oxygen atoms in total. The molecule has 1 aliphatic heterocycles. The molecule has 43 heavy (non-hydrogen) atoms. The third-order valence-corrected chi connectivity index (χ3v) is 10.0. The van der Waals surface area contributed by atoms with Crippen molar-refractivity contribution in [2.75, 3.05) is 26.5 Å². The molecule has 3 fully saturated rings. The van der Waals surface area contributed by atoms with Crippen molar-refractivity contribution in [3.05, 3.63) is 47.2 Å². The number of quaternary nitrogens is 1. The number of halogens is 2. The van der Waals surface area contributed by atoms with Crippen LogP contribution in [0.5, 0.6) is 11.5 Å². The minimum atomic E-state index is -0.862. The van der Waals surface area contributed by atoms with Crippen LogP contribution in [-0.4, -0.2) is 53.6 Å². The lowest BCUT2D eigenvalue weighted by Gasteiger charge is -2.46.